The molecule has 1 fully saturated rings. The topological polar surface area (TPSA) is 100 Å². The summed E-state index contributed by atoms with van der Waals surface area (Å²) in [5, 5.41) is 13.8. The lowest BCUT2D eigenvalue weighted by Gasteiger charge is -2.39. The fraction of sp³-hybridized carbons (Fsp3) is 0.647. The van der Waals surface area contributed by atoms with E-state index in [2.05, 4.69) is 53.5 Å². The van der Waals surface area contributed by atoms with Crippen molar-refractivity contribution in [3.63, 3.8) is 0 Å². The number of aliphatic hydroxyl groups excluding tert-OH is 1. The Hall–Kier alpha value is -2.28. The average molecular weight is 617 g/mol. The van der Waals surface area contributed by atoms with E-state index in [1.165, 1.54) is 0 Å². The molecule has 1 saturated heterocycles. The molecule has 0 spiro atoms. The summed E-state index contributed by atoms with van der Waals surface area (Å²) in [7, 11) is 5.03. The largest absolute Gasteiger partial charge is 0.490 e. The van der Waals surface area contributed by atoms with Crippen molar-refractivity contribution in [3.8, 4) is 5.75 Å². The van der Waals surface area contributed by atoms with E-state index in [1.54, 1.807) is 21.3 Å². The lowest BCUT2D eigenvalue weighted by molar-refractivity contribution is -0.0856. The molecule has 0 aromatic heterocycles. The number of ether oxygens (including phenoxy) is 7. The lowest BCUT2D eigenvalue weighted by atomic mass is 9.85. The summed E-state index contributed by atoms with van der Waals surface area (Å²) in [6, 6.07) is 14.9. The minimum atomic E-state index is -0.688. The molecule has 0 bridgehead atoms. The number of hydrogen-bond acceptors (Lipinski definition) is 10. The van der Waals surface area contributed by atoms with Crippen LogP contribution in [0.1, 0.15) is 36.0 Å². The van der Waals surface area contributed by atoms with Crippen LogP contribution in [0.15, 0.2) is 42.5 Å². The average Bonchev–Trinajstić information content (AvgIpc) is 3.03. The maximum absolute atomic E-state index is 10.3. The number of methoxy groups -OCH3 is 3. The molecule has 2 aliphatic heterocycles. The molecule has 246 valence electrons. The number of anilines is 1. The zero-order valence-electron chi connectivity index (χ0n) is 26.9. The number of fused-ring (bicyclic) bond motifs is 1. The van der Waals surface area contributed by atoms with Crippen LogP contribution < -0.4 is 15.0 Å². The highest BCUT2D eigenvalue weighted by Gasteiger charge is 2.36. The normalized spacial score (nSPS) is 21.5. The molecule has 10 heteroatoms. The van der Waals surface area contributed by atoms with Crippen LogP contribution in [-0.2, 0) is 41.6 Å². The molecule has 2 heterocycles. The van der Waals surface area contributed by atoms with Gasteiger partial charge in [-0.15, -0.1) is 0 Å². The fourth-order valence-corrected chi connectivity index (χ4v) is 5.88. The minimum absolute atomic E-state index is 0.0193. The Morgan fingerprint density at radius 2 is 1.64 bits per heavy atom. The van der Waals surface area contributed by atoms with E-state index in [4.69, 9.17) is 33.2 Å². The Bertz CT molecular complexity index is 1090. The molecule has 4 rings (SSSR count). The van der Waals surface area contributed by atoms with Crippen molar-refractivity contribution in [1.82, 2.24) is 5.32 Å². The Kier molecular flexibility index (Phi) is 14.6. The van der Waals surface area contributed by atoms with Gasteiger partial charge in [0.1, 0.15) is 18.5 Å². The summed E-state index contributed by atoms with van der Waals surface area (Å²) >= 11 is 0. The highest BCUT2D eigenvalue weighted by molar-refractivity contribution is 5.61. The standard InChI is InChI=1S/C34H52N2O8/c1-25(19-39-3)20-41-21-26-6-9-28(10-7-26)34-32(17-35-18-33(34)44-24-29(37)23-40-4)43-22-27-8-11-31-30(16-27)36(13-15-42-31)12-5-14-38-2/h6-11,16,25,29,32-35,37H,5,12-15,17-24H2,1-4H3/t25-,29+,32-,33+,34+/m0/s1. The van der Waals surface area contributed by atoms with Crippen LogP contribution in [0.25, 0.3) is 0 Å². The third-order valence-electron chi connectivity index (χ3n) is 8.06. The molecular formula is C34H52N2O8. The second-order valence-electron chi connectivity index (χ2n) is 11.8. The van der Waals surface area contributed by atoms with E-state index in [0.29, 0.717) is 52.0 Å². The lowest BCUT2D eigenvalue weighted by Crippen LogP contribution is -2.51. The first kappa shape index (κ1) is 34.6. The van der Waals surface area contributed by atoms with Crippen molar-refractivity contribution in [2.75, 3.05) is 92.0 Å². The Morgan fingerprint density at radius 1 is 0.886 bits per heavy atom. The summed E-state index contributed by atoms with van der Waals surface area (Å²) in [5.74, 6) is 1.24. The predicted octanol–water partition coefficient (Wildman–Crippen LogP) is 3.39. The molecule has 2 N–H and O–H groups in total. The molecule has 2 aromatic carbocycles. The fourth-order valence-electron chi connectivity index (χ4n) is 5.88. The maximum atomic E-state index is 10.3. The Labute approximate surface area is 262 Å². The molecule has 0 saturated carbocycles. The molecule has 10 nitrogen and oxygen atoms in total. The van der Waals surface area contributed by atoms with E-state index in [-0.39, 0.29) is 31.3 Å². The number of nitrogens with one attached hydrogen (secondary N) is 1. The van der Waals surface area contributed by atoms with Crippen molar-refractivity contribution < 1.29 is 38.3 Å². The van der Waals surface area contributed by atoms with Crippen LogP contribution >= 0.6 is 0 Å². The summed E-state index contributed by atoms with van der Waals surface area (Å²) < 4.78 is 40.4. The van der Waals surface area contributed by atoms with Crippen LogP contribution in [0.5, 0.6) is 5.75 Å². The van der Waals surface area contributed by atoms with E-state index < -0.39 is 6.10 Å². The van der Waals surface area contributed by atoms with Crippen LogP contribution in [0.2, 0.25) is 0 Å². The van der Waals surface area contributed by atoms with Crippen molar-refractivity contribution in [1.29, 1.82) is 0 Å². The second kappa shape index (κ2) is 18.6. The van der Waals surface area contributed by atoms with Gasteiger partial charge in [-0.1, -0.05) is 37.3 Å². The highest BCUT2D eigenvalue weighted by Crippen LogP contribution is 2.34. The number of rotatable bonds is 19. The van der Waals surface area contributed by atoms with Gasteiger partial charge in [-0.3, -0.25) is 0 Å². The molecule has 0 radical (unpaired) electrons. The van der Waals surface area contributed by atoms with Crippen molar-refractivity contribution in [2.24, 2.45) is 5.92 Å². The Morgan fingerprint density at radius 3 is 2.39 bits per heavy atom. The molecular weight excluding hydrogens is 564 g/mol. The van der Waals surface area contributed by atoms with Gasteiger partial charge in [0.2, 0.25) is 0 Å². The van der Waals surface area contributed by atoms with Gasteiger partial charge < -0.3 is 48.5 Å². The molecule has 2 aliphatic rings. The van der Waals surface area contributed by atoms with Gasteiger partial charge in [-0.05, 0) is 35.2 Å². The van der Waals surface area contributed by atoms with Crippen molar-refractivity contribution >= 4 is 5.69 Å². The SMILES string of the molecule is COCCCN1CCOc2ccc(CO[C@H]3CNC[C@@H](OC[C@H](O)COC)[C@@H]3c3ccc(COC[C@@H](C)COC)cc3)cc21. The minimum Gasteiger partial charge on any atom is -0.490 e. The van der Waals surface area contributed by atoms with E-state index in [1.807, 2.05) is 6.07 Å². The Balaban J connectivity index is 1.45. The number of nitrogens with zero attached hydrogens (tertiary/aromatic N) is 1. The van der Waals surface area contributed by atoms with Crippen LogP contribution in [0, 0.1) is 5.92 Å². The van der Waals surface area contributed by atoms with Gasteiger partial charge in [-0.25, -0.2) is 0 Å². The number of hydrogen-bond donors (Lipinski definition) is 2. The molecule has 2 aromatic rings. The van der Waals surface area contributed by atoms with Gasteiger partial charge in [0.25, 0.3) is 0 Å². The summed E-state index contributed by atoms with van der Waals surface area (Å²) in [5.41, 5.74) is 4.46. The van der Waals surface area contributed by atoms with Gasteiger partial charge in [0, 0.05) is 59.4 Å². The summed E-state index contributed by atoms with van der Waals surface area (Å²) in [6.45, 7) is 9.45. The number of aliphatic hydroxyl groups is 1. The smallest absolute Gasteiger partial charge is 0.142 e. The quantitative estimate of drug-likeness (QED) is 0.229. The van der Waals surface area contributed by atoms with Gasteiger partial charge >= 0.3 is 0 Å². The van der Waals surface area contributed by atoms with Crippen LogP contribution in [0.3, 0.4) is 0 Å². The first-order valence-electron chi connectivity index (χ1n) is 15.8. The van der Waals surface area contributed by atoms with Crippen molar-refractivity contribution in [2.45, 2.75) is 50.8 Å². The van der Waals surface area contributed by atoms with Crippen LogP contribution in [0.4, 0.5) is 5.69 Å². The molecule has 44 heavy (non-hydrogen) atoms. The monoisotopic (exact) mass is 616 g/mol. The number of benzene rings is 2. The number of piperidine rings is 1. The van der Waals surface area contributed by atoms with Gasteiger partial charge in [0.15, 0.2) is 0 Å². The summed E-state index contributed by atoms with van der Waals surface area (Å²) in [4.78, 5) is 2.37. The summed E-state index contributed by atoms with van der Waals surface area (Å²) in [6.07, 6.45) is -0.0305. The zero-order chi connectivity index (χ0) is 31.1. The third kappa shape index (κ3) is 10.4. The van der Waals surface area contributed by atoms with Gasteiger partial charge in [0.05, 0.1) is 64.1 Å². The molecule has 0 aliphatic carbocycles. The van der Waals surface area contributed by atoms with Gasteiger partial charge in [-0.2, -0.15) is 0 Å². The predicted molar refractivity (Wildman–Crippen MR) is 170 cm³/mol. The van der Waals surface area contributed by atoms with Crippen LogP contribution in [-0.4, -0.2) is 111 Å². The first-order valence-corrected chi connectivity index (χ1v) is 15.8. The van der Waals surface area contributed by atoms with E-state index in [9.17, 15) is 5.11 Å². The van der Waals surface area contributed by atoms with E-state index >= 15 is 0 Å². The second-order valence-corrected chi connectivity index (χ2v) is 11.8. The van der Waals surface area contributed by atoms with Crippen molar-refractivity contribution in [3.05, 3.63) is 59.2 Å². The molecule has 0 amide bonds. The third-order valence-corrected chi connectivity index (χ3v) is 8.06. The maximum Gasteiger partial charge on any atom is 0.142 e. The molecule has 0 unspecified atom stereocenters. The molecule has 5 atom stereocenters. The zero-order valence-corrected chi connectivity index (χ0v) is 26.9. The van der Waals surface area contributed by atoms with E-state index in [0.717, 1.165) is 54.2 Å². The first-order chi connectivity index (χ1) is 21.5. The highest BCUT2D eigenvalue weighted by atomic mass is 16.5.